The van der Waals surface area contributed by atoms with Crippen molar-refractivity contribution < 1.29 is 9.63 Å². The minimum atomic E-state index is -0.430. The van der Waals surface area contributed by atoms with E-state index in [0.29, 0.717) is 18.4 Å². The van der Waals surface area contributed by atoms with E-state index in [4.69, 9.17) is 4.52 Å². The molecule has 0 radical (unpaired) electrons. The first-order valence-electron chi connectivity index (χ1n) is 6.92. The summed E-state index contributed by atoms with van der Waals surface area (Å²) in [6, 6.07) is 0.542. The van der Waals surface area contributed by atoms with Crippen LogP contribution in [0.5, 0.6) is 0 Å². The molecule has 0 amide bonds. The summed E-state index contributed by atoms with van der Waals surface area (Å²) in [5.41, 5.74) is 0. The van der Waals surface area contributed by atoms with Crippen molar-refractivity contribution in [3.05, 3.63) is 11.7 Å². The average Bonchev–Trinajstić information content (AvgIpc) is 2.76. The zero-order valence-corrected chi connectivity index (χ0v) is 11.3. The first kappa shape index (κ1) is 13.5. The third-order valence-electron chi connectivity index (χ3n) is 3.55. The zero-order chi connectivity index (χ0) is 13.0. The molecule has 1 N–H and O–H groups in total. The van der Waals surface area contributed by atoms with Gasteiger partial charge in [-0.3, -0.25) is 0 Å². The molecule has 2 unspecified atom stereocenters. The smallest absolute Gasteiger partial charge is 0.229 e. The minimum absolute atomic E-state index is 0.430. The molecule has 1 aliphatic rings. The number of hydrogen-bond donors (Lipinski definition) is 1. The van der Waals surface area contributed by atoms with Crippen LogP contribution in [0.3, 0.4) is 0 Å². The molecule has 5 nitrogen and oxygen atoms in total. The van der Waals surface area contributed by atoms with Crippen LogP contribution in [-0.4, -0.2) is 45.4 Å². The van der Waals surface area contributed by atoms with E-state index in [1.165, 1.54) is 25.8 Å². The van der Waals surface area contributed by atoms with Crippen LogP contribution in [0.2, 0.25) is 0 Å². The van der Waals surface area contributed by atoms with Gasteiger partial charge in [-0.15, -0.1) is 0 Å². The van der Waals surface area contributed by atoms with Crippen molar-refractivity contribution in [2.75, 3.05) is 13.1 Å². The predicted molar refractivity (Wildman–Crippen MR) is 68.3 cm³/mol. The summed E-state index contributed by atoms with van der Waals surface area (Å²) in [4.78, 5) is 6.84. The Labute approximate surface area is 108 Å². The highest BCUT2D eigenvalue weighted by molar-refractivity contribution is 4.92. The largest absolute Gasteiger partial charge is 0.393 e. The summed E-state index contributed by atoms with van der Waals surface area (Å²) in [5, 5.41) is 13.3. The number of aliphatic hydroxyl groups excluding tert-OH is 1. The van der Waals surface area contributed by atoms with Gasteiger partial charge in [-0.25, -0.2) is 0 Å². The number of aliphatic hydroxyl groups is 1. The molecule has 2 heterocycles. The topological polar surface area (TPSA) is 62.4 Å². The molecule has 1 aliphatic heterocycles. The molecule has 0 aromatic carbocycles. The molecule has 0 aliphatic carbocycles. The Balaban J connectivity index is 1.93. The van der Waals surface area contributed by atoms with E-state index < -0.39 is 6.10 Å². The van der Waals surface area contributed by atoms with E-state index in [1.54, 1.807) is 6.92 Å². The third-order valence-corrected chi connectivity index (χ3v) is 3.55. The van der Waals surface area contributed by atoms with Gasteiger partial charge < -0.3 is 14.5 Å². The standard InChI is InChI=1S/C13H23N3O2/c1-3-16-7-5-4-6-11(16)9-12-14-13(18-15-12)8-10(2)17/h10-11,17H,3-9H2,1-2H3. The van der Waals surface area contributed by atoms with E-state index in [9.17, 15) is 5.11 Å². The van der Waals surface area contributed by atoms with Gasteiger partial charge in [0.1, 0.15) is 0 Å². The monoisotopic (exact) mass is 253 g/mol. The second kappa shape index (κ2) is 6.29. The number of rotatable bonds is 5. The fraction of sp³-hybridized carbons (Fsp3) is 0.846. The molecule has 0 saturated carbocycles. The summed E-state index contributed by atoms with van der Waals surface area (Å²) in [6.07, 6.45) is 4.67. The number of nitrogens with zero attached hydrogens (tertiary/aromatic N) is 3. The van der Waals surface area contributed by atoms with E-state index in [2.05, 4.69) is 22.0 Å². The Bertz CT molecular complexity index is 365. The lowest BCUT2D eigenvalue weighted by Crippen LogP contribution is -2.40. The Morgan fingerprint density at radius 2 is 2.33 bits per heavy atom. The van der Waals surface area contributed by atoms with Crippen LogP contribution in [-0.2, 0) is 12.8 Å². The Morgan fingerprint density at radius 1 is 1.50 bits per heavy atom. The first-order valence-corrected chi connectivity index (χ1v) is 6.92. The van der Waals surface area contributed by atoms with Crippen LogP contribution >= 0.6 is 0 Å². The maximum absolute atomic E-state index is 9.28. The molecule has 0 spiro atoms. The van der Waals surface area contributed by atoms with Crippen molar-refractivity contribution in [1.29, 1.82) is 0 Å². The van der Waals surface area contributed by atoms with Gasteiger partial charge in [0.25, 0.3) is 0 Å². The quantitative estimate of drug-likeness (QED) is 0.859. The van der Waals surface area contributed by atoms with Gasteiger partial charge in [0.05, 0.1) is 12.5 Å². The molecule has 1 aromatic rings. The summed E-state index contributed by atoms with van der Waals surface area (Å²) < 4.78 is 5.15. The molecule has 2 rings (SSSR count). The third kappa shape index (κ3) is 3.53. The van der Waals surface area contributed by atoms with Crippen LogP contribution in [0.1, 0.15) is 44.8 Å². The molecular weight excluding hydrogens is 230 g/mol. The molecule has 1 aromatic heterocycles. The van der Waals surface area contributed by atoms with Crippen LogP contribution in [0.25, 0.3) is 0 Å². The first-order chi connectivity index (χ1) is 8.69. The number of likely N-dealkylation sites (tertiary alicyclic amines) is 1. The zero-order valence-electron chi connectivity index (χ0n) is 11.3. The Morgan fingerprint density at radius 3 is 3.06 bits per heavy atom. The van der Waals surface area contributed by atoms with Crippen molar-refractivity contribution in [2.24, 2.45) is 0 Å². The number of likely N-dealkylation sites (N-methyl/N-ethyl adjacent to an activating group) is 1. The number of aromatic nitrogens is 2. The van der Waals surface area contributed by atoms with Crippen LogP contribution in [0, 0.1) is 0 Å². The highest BCUT2D eigenvalue weighted by atomic mass is 16.5. The van der Waals surface area contributed by atoms with Gasteiger partial charge in [0.15, 0.2) is 5.82 Å². The summed E-state index contributed by atoms with van der Waals surface area (Å²) in [5.74, 6) is 1.31. The number of hydrogen-bond acceptors (Lipinski definition) is 5. The highest BCUT2D eigenvalue weighted by Gasteiger charge is 2.23. The number of piperidine rings is 1. The van der Waals surface area contributed by atoms with E-state index in [0.717, 1.165) is 18.8 Å². The normalized spacial score (nSPS) is 23.2. The van der Waals surface area contributed by atoms with Gasteiger partial charge in [0, 0.05) is 12.5 Å². The maximum atomic E-state index is 9.28. The Kier molecular flexibility index (Phi) is 4.72. The van der Waals surface area contributed by atoms with Crippen molar-refractivity contribution in [3.63, 3.8) is 0 Å². The van der Waals surface area contributed by atoms with E-state index >= 15 is 0 Å². The van der Waals surface area contributed by atoms with Crippen LogP contribution in [0.15, 0.2) is 4.52 Å². The van der Waals surface area contributed by atoms with E-state index in [1.807, 2.05) is 0 Å². The van der Waals surface area contributed by atoms with Crippen LogP contribution in [0.4, 0.5) is 0 Å². The van der Waals surface area contributed by atoms with E-state index in [-0.39, 0.29) is 0 Å². The molecule has 1 fully saturated rings. The molecule has 18 heavy (non-hydrogen) atoms. The molecule has 0 bridgehead atoms. The molecular formula is C13H23N3O2. The lowest BCUT2D eigenvalue weighted by atomic mass is 9.99. The van der Waals surface area contributed by atoms with Gasteiger partial charge in [0.2, 0.25) is 5.89 Å². The van der Waals surface area contributed by atoms with Gasteiger partial charge in [-0.1, -0.05) is 18.5 Å². The fourth-order valence-corrected chi connectivity index (χ4v) is 2.63. The lowest BCUT2D eigenvalue weighted by Gasteiger charge is -2.34. The van der Waals surface area contributed by atoms with Crippen LogP contribution < -0.4 is 0 Å². The summed E-state index contributed by atoms with van der Waals surface area (Å²) in [7, 11) is 0. The molecule has 5 heteroatoms. The van der Waals surface area contributed by atoms with Crippen molar-refractivity contribution in [3.8, 4) is 0 Å². The summed E-state index contributed by atoms with van der Waals surface area (Å²) >= 11 is 0. The Hall–Kier alpha value is -0.940. The summed E-state index contributed by atoms with van der Waals surface area (Å²) in [6.45, 7) is 6.19. The SMILES string of the molecule is CCN1CCCCC1Cc1noc(CC(C)O)n1. The molecule has 1 saturated heterocycles. The van der Waals surface area contributed by atoms with Gasteiger partial charge >= 0.3 is 0 Å². The van der Waals surface area contributed by atoms with Crippen molar-refractivity contribution in [2.45, 2.75) is 58.1 Å². The van der Waals surface area contributed by atoms with Gasteiger partial charge in [-0.05, 0) is 32.9 Å². The molecule has 102 valence electrons. The fourth-order valence-electron chi connectivity index (χ4n) is 2.63. The average molecular weight is 253 g/mol. The van der Waals surface area contributed by atoms with Gasteiger partial charge in [-0.2, -0.15) is 4.98 Å². The lowest BCUT2D eigenvalue weighted by molar-refractivity contribution is 0.153. The van der Waals surface area contributed by atoms with Crippen molar-refractivity contribution in [1.82, 2.24) is 15.0 Å². The minimum Gasteiger partial charge on any atom is -0.393 e. The second-order valence-electron chi connectivity index (χ2n) is 5.14. The highest BCUT2D eigenvalue weighted by Crippen LogP contribution is 2.19. The maximum Gasteiger partial charge on any atom is 0.229 e. The van der Waals surface area contributed by atoms with Crippen molar-refractivity contribution >= 4 is 0 Å². The molecule has 2 atom stereocenters. The predicted octanol–water partition coefficient (Wildman–Crippen LogP) is 1.41. The second-order valence-corrected chi connectivity index (χ2v) is 5.14.